The molecule has 0 radical (unpaired) electrons. The number of halogens is 2. The van der Waals surface area contributed by atoms with Gasteiger partial charge in [-0.15, -0.1) is 6.58 Å². The van der Waals surface area contributed by atoms with E-state index in [1.807, 2.05) is 37.3 Å². The average molecular weight is 578 g/mol. The molecule has 2 aliphatic rings. The Balaban J connectivity index is 1.90. The molecule has 2 aromatic rings. The van der Waals surface area contributed by atoms with Gasteiger partial charge in [-0.3, -0.25) is 9.59 Å². The van der Waals surface area contributed by atoms with Gasteiger partial charge in [0.15, 0.2) is 0 Å². The maximum absolute atomic E-state index is 14.4. The van der Waals surface area contributed by atoms with Crippen molar-refractivity contribution >= 4 is 45.0 Å². The first-order valence-electron chi connectivity index (χ1n) is 12.9. The summed E-state index contributed by atoms with van der Waals surface area (Å²) < 4.78 is 26.9. The monoisotopic (exact) mass is 576 g/mol. The quantitative estimate of drug-likeness (QED) is 0.325. The van der Waals surface area contributed by atoms with Crippen LogP contribution in [0.1, 0.15) is 69.0 Å². The SMILES string of the molecule is C=CC[C@@]1(C)C[C@H](c2cccc(Cl)c2)[C@@H](c2ccc(Cl)cc2)N(C(CC)C(=O)N(C)S(=O)(=O)C2CC2)C1=O. The van der Waals surface area contributed by atoms with E-state index in [0.29, 0.717) is 35.7 Å². The predicted octanol–water partition coefficient (Wildman–Crippen LogP) is 6.36. The van der Waals surface area contributed by atoms with Gasteiger partial charge in [0.2, 0.25) is 15.9 Å². The molecule has 2 amide bonds. The van der Waals surface area contributed by atoms with Crippen LogP contribution in [0.25, 0.3) is 0 Å². The molecule has 38 heavy (non-hydrogen) atoms. The zero-order valence-corrected chi connectivity index (χ0v) is 24.3. The van der Waals surface area contributed by atoms with Crippen molar-refractivity contribution in [2.45, 2.75) is 69.2 Å². The highest BCUT2D eigenvalue weighted by Crippen LogP contribution is 2.52. The maximum atomic E-state index is 14.4. The topological polar surface area (TPSA) is 74.8 Å². The van der Waals surface area contributed by atoms with Crippen molar-refractivity contribution in [3.05, 3.63) is 82.4 Å². The minimum Gasteiger partial charge on any atom is -0.322 e. The number of likely N-dealkylation sites (tertiary alicyclic amines) is 1. The van der Waals surface area contributed by atoms with E-state index in [0.717, 1.165) is 15.4 Å². The molecular formula is C29H34Cl2N2O4S. The summed E-state index contributed by atoms with van der Waals surface area (Å²) >= 11 is 12.6. The lowest BCUT2D eigenvalue weighted by Gasteiger charge is -2.51. The van der Waals surface area contributed by atoms with E-state index in [1.54, 1.807) is 36.1 Å². The molecule has 1 aliphatic heterocycles. The number of piperidine rings is 1. The summed E-state index contributed by atoms with van der Waals surface area (Å²) in [4.78, 5) is 29.9. The third-order valence-electron chi connectivity index (χ3n) is 7.83. The second-order valence-electron chi connectivity index (χ2n) is 10.6. The number of amides is 2. The predicted molar refractivity (Wildman–Crippen MR) is 152 cm³/mol. The first kappa shape index (κ1) is 28.7. The van der Waals surface area contributed by atoms with Crippen LogP contribution in [-0.4, -0.2) is 47.8 Å². The Bertz CT molecular complexity index is 1330. The summed E-state index contributed by atoms with van der Waals surface area (Å²) in [6.07, 6.45) is 3.98. The van der Waals surface area contributed by atoms with Crippen LogP contribution in [0.5, 0.6) is 0 Å². The minimum atomic E-state index is -3.78. The standard InChI is InChI=1S/C29H34Cl2N2O4S/c1-5-16-29(3)18-24(20-8-7-9-22(31)17-20)26(19-10-12-21(30)13-11-19)33(28(29)35)25(6-2)27(34)32(4)38(36,37)23-14-15-23/h5,7-13,17,23-26H,1,6,14-16,18H2,2-4H3/t24-,25?,26-,29+/m1/s1. The molecule has 2 aromatic carbocycles. The summed E-state index contributed by atoms with van der Waals surface area (Å²) in [6, 6.07) is 13.3. The number of hydrogen-bond donors (Lipinski definition) is 0. The van der Waals surface area contributed by atoms with Gasteiger partial charge in [-0.1, -0.05) is 67.4 Å². The van der Waals surface area contributed by atoms with Gasteiger partial charge in [0.05, 0.1) is 16.7 Å². The molecule has 1 saturated carbocycles. The fourth-order valence-electron chi connectivity index (χ4n) is 5.65. The molecule has 0 spiro atoms. The number of hydrogen-bond acceptors (Lipinski definition) is 4. The van der Waals surface area contributed by atoms with Crippen molar-refractivity contribution in [1.82, 2.24) is 9.21 Å². The van der Waals surface area contributed by atoms with Gasteiger partial charge in [-0.25, -0.2) is 12.7 Å². The van der Waals surface area contributed by atoms with E-state index in [-0.39, 0.29) is 18.2 Å². The van der Waals surface area contributed by atoms with E-state index in [1.165, 1.54) is 7.05 Å². The van der Waals surface area contributed by atoms with Crippen LogP contribution in [0, 0.1) is 5.41 Å². The van der Waals surface area contributed by atoms with Gasteiger partial charge >= 0.3 is 0 Å². The van der Waals surface area contributed by atoms with Crippen molar-refractivity contribution in [2.24, 2.45) is 5.41 Å². The Kier molecular flexibility index (Phi) is 8.31. The molecule has 4 atom stereocenters. The highest BCUT2D eigenvalue weighted by atomic mass is 35.5. The summed E-state index contributed by atoms with van der Waals surface area (Å²) in [7, 11) is -2.47. The molecule has 4 rings (SSSR count). The lowest BCUT2D eigenvalue weighted by Crippen LogP contribution is -2.59. The van der Waals surface area contributed by atoms with Crippen molar-refractivity contribution in [1.29, 1.82) is 0 Å². The molecule has 9 heteroatoms. The van der Waals surface area contributed by atoms with Crippen LogP contribution < -0.4 is 0 Å². The van der Waals surface area contributed by atoms with Gasteiger partial charge in [-0.2, -0.15) is 0 Å². The van der Waals surface area contributed by atoms with Crippen LogP contribution in [0.2, 0.25) is 10.0 Å². The maximum Gasteiger partial charge on any atom is 0.258 e. The van der Waals surface area contributed by atoms with Crippen LogP contribution in [-0.2, 0) is 19.6 Å². The molecule has 0 bridgehead atoms. The highest BCUT2D eigenvalue weighted by molar-refractivity contribution is 7.90. The Hall–Kier alpha value is -2.35. The Morgan fingerprint density at radius 2 is 1.82 bits per heavy atom. The summed E-state index contributed by atoms with van der Waals surface area (Å²) in [5.74, 6) is -1.02. The number of nitrogens with zero attached hydrogens (tertiary/aromatic N) is 2. The van der Waals surface area contributed by atoms with E-state index >= 15 is 0 Å². The van der Waals surface area contributed by atoms with Gasteiger partial charge in [-0.05, 0) is 67.5 Å². The summed E-state index contributed by atoms with van der Waals surface area (Å²) in [6.45, 7) is 7.58. The van der Waals surface area contributed by atoms with Crippen LogP contribution in [0.15, 0.2) is 61.2 Å². The fraction of sp³-hybridized carbons (Fsp3) is 0.448. The van der Waals surface area contributed by atoms with Gasteiger partial charge in [0, 0.05) is 23.0 Å². The van der Waals surface area contributed by atoms with E-state index in [9.17, 15) is 18.0 Å². The van der Waals surface area contributed by atoms with Gasteiger partial charge < -0.3 is 4.90 Å². The zero-order valence-electron chi connectivity index (χ0n) is 21.9. The van der Waals surface area contributed by atoms with Crippen LogP contribution in [0.4, 0.5) is 0 Å². The second kappa shape index (κ2) is 11.0. The highest BCUT2D eigenvalue weighted by Gasteiger charge is 2.53. The smallest absolute Gasteiger partial charge is 0.258 e. The molecule has 6 nitrogen and oxygen atoms in total. The molecule has 1 heterocycles. The van der Waals surface area contributed by atoms with Crippen LogP contribution in [0.3, 0.4) is 0 Å². The van der Waals surface area contributed by atoms with Crippen molar-refractivity contribution in [3.8, 4) is 0 Å². The normalized spacial score (nSPS) is 24.7. The number of sulfonamides is 1. The number of benzene rings is 2. The molecule has 1 unspecified atom stereocenters. The molecule has 1 aliphatic carbocycles. The third kappa shape index (κ3) is 5.38. The number of allylic oxidation sites excluding steroid dienone is 1. The summed E-state index contributed by atoms with van der Waals surface area (Å²) in [5.41, 5.74) is 0.901. The first-order chi connectivity index (χ1) is 17.9. The fourth-order valence-corrected chi connectivity index (χ4v) is 7.52. The number of carbonyl (C=O) groups excluding carboxylic acids is 2. The first-order valence-corrected chi connectivity index (χ1v) is 15.2. The molecular weight excluding hydrogens is 543 g/mol. The number of rotatable bonds is 9. The largest absolute Gasteiger partial charge is 0.322 e. The van der Waals surface area contributed by atoms with Gasteiger partial charge in [0.25, 0.3) is 5.91 Å². The van der Waals surface area contributed by atoms with Crippen molar-refractivity contribution in [2.75, 3.05) is 7.05 Å². The molecule has 1 saturated heterocycles. The Morgan fingerprint density at radius 3 is 2.37 bits per heavy atom. The van der Waals surface area contributed by atoms with E-state index in [2.05, 4.69) is 6.58 Å². The van der Waals surface area contributed by atoms with Gasteiger partial charge in [0.1, 0.15) is 6.04 Å². The van der Waals surface area contributed by atoms with Crippen molar-refractivity contribution < 1.29 is 18.0 Å². The Labute approximate surface area is 235 Å². The second-order valence-corrected chi connectivity index (χ2v) is 13.7. The molecule has 0 N–H and O–H groups in total. The minimum absolute atomic E-state index is 0.201. The average Bonchev–Trinajstić information content (AvgIpc) is 3.73. The third-order valence-corrected chi connectivity index (χ3v) is 10.6. The van der Waals surface area contributed by atoms with E-state index < -0.39 is 38.7 Å². The van der Waals surface area contributed by atoms with E-state index in [4.69, 9.17) is 23.2 Å². The van der Waals surface area contributed by atoms with Crippen LogP contribution >= 0.6 is 23.2 Å². The zero-order chi connectivity index (χ0) is 27.8. The molecule has 0 aromatic heterocycles. The lowest BCUT2D eigenvalue weighted by atomic mass is 9.67. The number of likely N-dealkylation sites (N-methyl/N-ethyl adjacent to an activating group) is 1. The lowest BCUT2D eigenvalue weighted by molar-refractivity contribution is -0.159. The molecule has 2 fully saturated rings. The molecule has 204 valence electrons. The number of carbonyl (C=O) groups is 2. The van der Waals surface area contributed by atoms with Crippen molar-refractivity contribution in [3.63, 3.8) is 0 Å². The summed E-state index contributed by atoms with van der Waals surface area (Å²) in [5, 5.41) is 0.588. The Morgan fingerprint density at radius 1 is 1.16 bits per heavy atom.